The van der Waals surface area contributed by atoms with E-state index in [1.54, 1.807) is 4.90 Å². The lowest BCUT2D eigenvalue weighted by molar-refractivity contribution is -0.922. The number of likely N-dealkylation sites (tertiary alicyclic amines) is 1. The van der Waals surface area contributed by atoms with Crippen LogP contribution in [0.4, 0.5) is 0 Å². The van der Waals surface area contributed by atoms with Gasteiger partial charge < -0.3 is 10.2 Å². The Balaban J connectivity index is 1.76. The van der Waals surface area contributed by atoms with Gasteiger partial charge in [-0.05, 0) is 12.5 Å². The van der Waals surface area contributed by atoms with Gasteiger partial charge in [-0.1, -0.05) is 37.3 Å². The summed E-state index contributed by atoms with van der Waals surface area (Å²) in [6.07, 6.45) is 2.56. The minimum atomic E-state index is 0.819. The van der Waals surface area contributed by atoms with Gasteiger partial charge in [-0.25, -0.2) is 0 Å². The molecule has 100 valence electrons. The van der Waals surface area contributed by atoms with Crippen LogP contribution in [0.3, 0.4) is 0 Å². The van der Waals surface area contributed by atoms with E-state index in [0.717, 1.165) is 18.0 Å². The summed E-state index contributed by atoms with van der Waals surface area (Å²) in [7, 11) is 2.33. The van der Waals surface area contributed by atoms with Gasteiger partial charge in [0.15, 0.2) is 0 Å². The van der Waals surface area contributed by atoms with Gasteiger partial charge in [0.1, 0.15) is 0 Å². The average molecular weight is 248 g/mol. The van der Waals surface area contributed by atoms with E-state index in [1.165, 1.54) is 31.5 Å². The van der Waals surface area contributed by atoms with Crippen molar-refractivity contribution in [2.75, 3.05) is 20.1 Å². The highest BCUT2D eigenvalue weighted by Gasteiger charge is 2.33. The molecule has 3 N–H and O–H groups in total. The third-order valence-corrected chi connectivity index (χ3v) is 4.59. The quantitative estimate of drug-likeness (QED) is 0.754. The smallest absolute Gasteiger partial charge is 0.0996 e. The van der Waals surface area contributed by atoms with Crippen LogP contribution in [0.1, 0.15) is 25.8 Å². The van der Waals surface area contributed by atoms with Gasteiger partial charge in [0.05, 0.1) is 44.6 Å². The van der Waals surface area contributed by atoms with E-state index in [0.29, 0.717) is 0 Å². The van der Waals surface area contributed by atoms with Gasteiger partial charge in [-0.15, -0.1) is 0 Å². The van der Waals surface area contributed by atoms with E-state index in [-0.39, 0.29) is 0 Å². The molecular formula is C16H28N2+2. The second-order valence-corrected chi connectivity index (χ2v) is 6.09. The standard InChI is InChI=1S/C16H26N2/c1-13-12-18(3)14(2)11-16(13)17-10-9-15-7-5-4-6-8-15/h4-8,13-14,16-17H,9-12H2,1-3H3/p+2/t13-,14-,16-/m1/s1. The molecule has 1 unspecified atom stereocenters. The van der Waals surface area contributed by atoms with Gasteiger partial charge in [-0.3, -0.25) is 0 Å². The molecule has 0 amide bonds. The molecule has 0 saturated carbocycles. The zero-order chi connectivity index (χ0) is 13.0. The van der Waals surface area contributed by atoms with Crippen LogP contribution in [-0.2, 0) is 6.42 Å². The average Bonchev–Trinajstić information content (AvgIpc) is 2.37. The highest BCUT2D eigenvalue weighted by Crippen LogP contribution is 2.07. The first kappa shape index (κ1) is 13.6. The second kappa shape index (κ2) is 6.35. The van der Waals surface area contributed by atoms with Gasteiger partial charge in [0, 0.05) is 6.42 Å². The van der Waals surface area contributed by atoms with Gasteiger partial charge >= 0.3 is 0 Å². The van der Waals surface area contributed by atoms with Crippen LogP contribution in [0.2, 0.25) is 0 Å². The molecule has 1 fully saturated rings. The minimum absolute atomic E-state index is 0.819. The minimum Gasteiger partial charge on any atom is -0.343 e. The maximum atomic E-state index is 2.58. The number of nitrogens with two attached hydrogens (primary N) is 1. The molecule has 18 heavy (non-hydrogen) atoms. The molecule has 2 heteroatoms. The van der Waals surface area contributed by atoms with Crippen LogP contribution in [0.25, 0.3) is 0 Å². The summed E-state index contributed by atoms with van der Waals surface area (Å²) in [5, 5.41) is 2.58. The Morgan fingerprint density at radius 1 is 1.22 bits per heavy atom. The topological polar surface area (TPSA) is 21.1 Å². The van der Waals surface area contributed by atoms with E-state index in [1.807, 2.05) is 0 Å². The molecule has 1 aromatic carbocycles. The summed E-state index contributed by atoms with van der Waals surface area (Å²) in [6, 6.07) is 12.5. The fraction of sp³-hybridized carbons (Fsp3) is 0.625. The second-order valence-electron chi connectivity index (χ2n) is 6.09. The number of hydrogen-bond donors (Lipinski definition) is 2. The van der Waals surface area contributed by atoms with E-state index >= 15 is 0 Å². The molecule has 1 aliphatic heterocycles. The van der Waals surface area contributed by atoms with E-state index in [2.05, 4.69) is 56.5 Å². The molecule has 0 bridgehead atoms. The lowest BCUT2D eigenvalue weighted by Gasteiger charge is -2.35. The molecule has 2 rings (SSSR count). The van der Waals surface area contributed by atoms with Gasteiger partial charge in [-0.2, -0.15) is 0 Å². The maximum absolute atomic E-state index is 2.58. The molecule has 1 saturated heterocycles. The van der Waals surface area contributed by atoms with E-state index in [4.69, 9.17) is 0 Å². The van der Waals surface area contributed by atoms with Crippen molar-refractivity contribution in [1.82, 2.24) is 0 Å². The Labute approximate surface area is 111 Å². The zero-order valence-corrected chi connectivity index (χ0v) is 12.0. The molecule has 1 aliphatic rings. The molecule has 4 atom stereocenters. The Kier molecular flexibility index (Phi) is 4.79. The highest BCUT2D eigenvalue weighted by atomic mass is 15.2. The first-order valence-corrected chi connectivity index (χ1v) is 7.36. The fourth-order valence-electron chi connectivity index (χ4n) is 3.14. The monoisotopic (exact) mass is 248 g/mol. The molecule has 0 radical (unpaired) electrons. The predicted molar refractivity (Wildman–Crippen MR) is 75.7 cm³/mol. The molecule has 0 spiro atoms. The fourth-order valence-corrected chi connectivity index (χ4v) is 3.14. The Bertz CT molecular complexity index is 349. The van der Waals surface area contributed by atoms with Crippen molar-refractivity contribution in [3.05, 3.63) is 35.9 Å². The summed E-state index contributed by atoms with van der Waals surface area (Å²) in [5.74, 6) is 0.844. The maximum Gasteiger partial charge on any atom is 0.0996 e. The van der Waals surface area contributed by atoms with Crippen molar-refractivity contribution in [3.8, 4) is 0 Å². The van der Waals surface area contributed by atoms with Crippen LogP contribution in [0.5, 0.6) is 0 Å². The number of piperidine rings is 1. The molecule has 1 heterocycles. The normalized spacial score (nSPS) is 32.4. The summed E-state index contributed by atoms with van der Waals surface area (Å²) in [6.45, 7) is 7.36. The van der Waals surface area contributed by atoms with E-state index in [9.17, 15) is 0 Å². The number of hydrogen-bond acceptors (Lipinski definition) is 0. The SMILES string of the molecule is C[C@@H]1C[NH+](C)[C@H](C)C[C@H]1[NH2+]CCc1ccccc1. The zero-order valence-electron chi connectivity index (χ0n) is 12.0. The van der Waals surface area contributed by atoms with Crippen LogP contribution in [0, 0.1) is 5.92 Å². The predicted octanol–water partition coefficient (Wildman–Crippen LogP) is 0.104. The van der Waals surface area contributed by atoms with Crippen molar-refractivity contribution in [2.24, 2.45) is 5.92 Å². The third kappa shape index (κ3) is 3.56. The van der Waals surface area contributed by atoms with Crippen LogP contribution < -0.4 is 10.2 Å². The van der Waals surface area contributed by atoms with Crippen molar-refractivity contribution in [3.63, 3.8) is 0 Å². The lowest BCUT2D eigenvalue weighted by atomic mass is 9.90. The highest BCUT2D eigenvalue weighted by molar-refractivity contribution is 5.14. The lowest BCUT2D eigenvalue weighted by Crippen LogP contribution is -3.16. The number of rotatable bonds is 4. The molecule has 2 nitrogen and oxygen atoms in total. The molecule has 1 aromatic rings. The number of nitrogens with one attached hydrogen (secondary N) is 1. The number of quaternary nitrogens is 2. The summed E-state index contributed by atoms with van der Waals surface area (Å²) < 4.78 is 0. The summed E-state index contributed by atoms with van der Waals surface area (Å²) >= 11 is 0. The van der Waals surface area contributed by atoms with Crippen molar-refractivity contribution < 1.29 is 10.2 Å². The third-order valence-electron chi connectivity index (χ3n) is 4.59. The van der Waals surface area contributed by atoms with Crippen LogP contribution >= 0.6 is 0 Å². The summed E-state index contributed by atoms with van der Waals surface area (Å²) in [5.41, 5.74) is 1.47. The Morgan fingerprint density at radius 2 is 1.94 bits per heavy atom. The Hall–Kier alpha value is -0.860. The molecule has 0 aliphatic carbocycles. The van der Waals surface area contributed by atoms with Gasteiger partial charge in [0.2, 0.25) is 0 Å². The summed E-state index contributed by atoms with van der Waals surface area (Å²) in [4.78, 5) is 1.70. The Morgan fingerprint density at radius 3 is 2.67 bits per heavy atom. The van der Waals surface area contributed by atoms with Crippen molar-refractivity contribution in [1.29, 1.82) is 0 Å². The number of benzene rings is 1. The largest absolute Gasteiger partial charge is 0.343 e. The van der Waals surface area contributed by atoms with Crippen LogP contribution in [0.15, 0.2) is 30.3 Å². The first-order valence-electron chi connectivity index (χ1n) is 7.36. The molecular weight excluding hydrogens is 220 g/mol. The van der Waals surface area contributed by atoms with Crippen LogP contribution in [-0.4, -0.2) is 32.2 Å². The van der Waals surface area contributed by atoms with Crippen molar-refractivity contribution in [2.45, 2.75) is 38.8 Å². The van der Waals surface area contributed by atoms with Gasteiger partial charge in [0.25, 0.3) is 0 Å². The van der Waals surface area contributed by atoms with E-state index < -0.39 is 0 Å². The van der Waals surface area contributed by atoms with Crippen molar-refractivity contribution >= 4 is 0 Å². The first-order chi connectivity index (χ1) is 8.66. The molecule has 0 aromatic heterocycles.